The molecule has 9 heteroatoms. The van der Waals surface area contributed by atoms with E-state index in [4.69, 9.17) is 4.79 Å². The molecule has 1 aliphatic heterocycles. The second-order valence-electron chi connectivity index (χ2n) is 6.55. The van der Waals surface area contributed by atoms with Crippen LogP contribution in [0.4, 0.5) is 19.0 Å². The Hall–Kier alpha value is -3.07. The van der Waals surface area contributed by atoms with Crippen LogP contribution in [-0.2, 0) is 4.79 Å². The number of anilines is 1. The first-order valence-electron chi connectivity index (χ1n) is 8.79. The number of hydrogen-bond acceptors (Lipinski definition) is 5. The molecule has 0 saturated carbocycles. The molecule has 1 saturated heterocycles. The highest BCUT2D eigenvalue weighted by Crippen LogP contribution is 2.21. The second kappa shape index (κ2) is 9.92. The molecule has 1 amide bonds. The normalized spacial score (nSPS) is 14.6. The van der Waals surface area contributed by atoms with Crippen molar-refractivity contribution in [2.45, 2.75) is 12.8 Å². The summed E-state index contributed by atoms with van der Waals surface area (Å²) in [6.07, 6.45) is 1.44. The number of ketones is 1. The zero-order valence-electron chi connectivity index (χ0n) is 15.8. The van der Waals surface area contributed by atoms with Gasteiger partial charge in [-0.25, -0.2) is 18.2 Å². The van der Waals surface area contributed by atoms with Gasteiger partial charge in [0.25, 0.3) is 5.91 Å². The van der Waals surface area contributed by atoms with Gasteiger partial charge in [-0.2, -0.15) is 0 Å². The molecule has 1 fully saturated rings. The Morgan fingerprint density at radius 2 is 1.69 bits per heavy atom. The van der Waals surface area contributed by atoms with Crippen molar-refractivity contribution in [3.63, 3.8) is 0 Å². The number of hydrogen-bond donors (Lipinski definition) is 1. The minimum absolute atomic E-state index is 0.0121. The molecular formula is C20H20F3N3O3. The molecule has 0 spiro atoms. The van der Waals surface area contributed by atoms with Crippen LogP contribution in [0.3, 0.4) is 0 Å². The van der Waals surface area contributed by atoms with Crippen molar-refractivity contribution in [2.24, 2.45) is 5.92 Å². The van der Waals surface area contributed by atoms with Gasteiger partial charge in [-0.15, -0.1) is 0 Å². The molecule has 2 aromatic rings. The molecule has 1 N–H and O–H groups in total. The van der Waals surface area contributed by atoms with Gasteiger partial charge in [-0.1, -0.05) is 6.07 Å². The van der Waals surface area contributed by atoms with Crippen molar-refractivity contribution >= 4 is 24.3 Å². The highest BCUT2D eigenvalue weighted by Gasteiger charge is 2.26. The number of benzene rings is 1. The van der Waals surface area contributed by atoms with Crippen molar-refractivity contribution < 1.29 is 27.6 Å². The number of likely N-dealkylation sites (tertiary alicyclic amines) is 1. The second-order valence-corrected chi connectivity index (χ2v) is 6.55. The standard InChI is InChI=1S/C19H18F3N3O2.CH2O/c1-25-7-5-11(6-8-25)18(26)15-3-2-4-16(23-15)24-19(27)17-13(21)9-12(20)10-14(17)22;1-2/h2-4,9-11H,5-8H2,1H3,(H,23,24,27);1H2. The average molecular weight is 407 g/mol. The molecule has 2 heterocycles. The van der Waals surface area contributed by atoms with Crippen LogP contribution in [0.5, 0.6) is 0 Å². The summed E-state index contributed by atoms with van der Waals surface area (Å²) in [6.45, 7) is 3.63. The van der Waals surface area contributed by atoms with Gasteiger partial charge >= 0.3 is 0 Å². The molecule has 1 aromatic heterocycles. The maximum Gasteiger partial charge on any atom is 0.262 e. The average Bonchev–Trinajstić information content (AvgIpc) is 2.69. The van der Waals surface area contributed by atoms with Crippen LogP contribution in [0.1, 0.15) is 33.7 Å². The van der Waals surface area contributed by atoms with E-state index in [0.29, 0.717) is 12.1 Å². The summed E-state index contributed by atoms with van der Waals surface area (Å²) in [4.78, 5) is 39.0. The molecule has 29 heavy (non-hydrogen) atoms. The van der Waals surface area contributed by atoms with Gasteiger partial charge in [-0.05, 0) is 45.1 Å². The van der Waals surface area contributed by atoms with Gasteiger partial charge in [0.2, 0.25) is 0 Å². The number of pyridine rings is 1. The third-order valence-corrected chi connectivity index (χ3v) is 4.57. The van der Waals surface area contributed by atoms with E-state index in [-0.39, 0.29) is 23.2 Å². The van der Waals surface area contributed by atoms with Crippen LogP contribution in [0.2, 0.25) is 0 Å². The summed E-state index contributed by atoms with van der Waals surface area (Å²) in [5.41, 5.74) is -0.729. The molecule has 0 bridgehead atoms. The summed E-state index contributed by atoms with van der Waals surface area (Å²) < 4.78 is 40.4. The van der Waals surface area contributed by atoms with E-state index in [0.717, 1.165) is 25.9 Å². The number of piperidine rings is 1. The van der Waals surface area contributed by atoms with E-state index in [2.05, 4.69) is 15.2 Å². The fourth-order valence-corrected chi connectivity index (χ4v) is 3.06. The summed E-state index contributed by atoms with van der Waals surface area (Å²) in [5, 5.41) is 2.25. The molecule has 154 valence electrons. The Bertz CT molecular complexity index is 877. The Morgan fingerprint density at radius 1 is 1.10 bits per heavy atom. The number of rotatable bonds is 4. The minimum atomic E-state index is -1.32. The third kappa shape index (κ3) is 5.47. The number of aromatic nitrogens is 1. The molecule has 1 aromatic carbocycles. The van der Waals surface area contributed by atoms with Crippen molar-refractivity contribution in [1.29, 1.82) is 0 Å². The SMILES string of the molecule is C=O.CN1CCC(C(=O)c2cccc(NC(=O)c3c(F)cc(F)cc3F)n2)CC1. The van der Waals surface area contributed by atoms with Gasteiger partial charge in [0.15, 0.2) is 5.78 Å². The van der Waals surface area contributed by atoms with E-state index < -0.39 is 28.9 Å². The third-order valence-electron chi connectivity index (χ3n) is 4.57. The Morgan fingerprint density at radius 3 is 2.28 bits per heavy atom. The predicted molar refractivity (Wildman–Crippen MR) is 100 cm³/mol. The fraction of sp³-hybridized carbons (Fsp3) is 0.300. The number of carbonyl (C=O) groups is 3. The quantitative estimate of drug-likeness (QED) is 0.788. The first-order chi connectivity index (χ1) is 13.8. The molecule has 3 rings (SSSR count). The summed E-state index contributed by atoms with van der Waals surface area (Å²) in [7, 11) is 1.99. The van der Waals surface area contributed by atoms with Crippen molar-refractivity contribution in [3.05, 3.63) is 59.0 Å². The first kappa shape index (κ1) is 22.2. The Balaban J connectivity index is 0.00000145. The smallest absolute Gasteiger partial charge is 0.262 e. The zero-order valence-corrected chi connectivity index (χ0v) is 15.8. The largest absolute Gasteiger partial charge is 0.307 e. The maximum absolute atomic E-state index is 13.7. The maximum atomic E-state index is 13.7. The lowest BCUT2D eigenvalue weighted by Crippen LogP contribution is -2.33. The lowest BCUT2D eigenvalue weighted by atomic mass is 9.91. The van der Waals surface area contributed by atoms with Gasteiger partial charge in [0, 0.05) is 18.1 Å². The van der Waals surface area contributed by atoms with Gasteiger partial charge in [0.05, 0.1) is 0 Å². The lowest BCUT2D eigenvalue weighted by molar-refractivity contribution is -0.0980. The van der Waals surface area contributed by atoms with E-state index in [1.165, 1.54) is 18.2 Å². The Kier molecular flexibility index (Phi) is 7.60. The lowest BCUT2D eigenvalue weighted by Gasteiger charge is -2.27. The number of carbonyl (C=O) groups excluding carboxylic acids is 3. The number of nitrogens with one attached hydrogen (secondary N) is 1. The van der Waals surface area contributed by atoms with Crippen LogP contribution >= 0.6 is 0 Å². The number of amides is 1. The zero-order chi connectivity index (χ0) is 21.6. The minimum Gasteiger partial charge on any atom is -0.307 e. The highest BCUT2D eigenvalue weighted by atomic mass is 19.1. The van der Waals surface area contributed by atoms with Crippen LogP contribution in [0, 0.1) is 23.4 Å². The van der Waals surface area contributed by atoms with Crippen LogP contribution in [-0.4, -0.2) is 48.5 Å². The number of Topliss-reactive ketones (excluding diaryl/α,β-unsaturated/α-hetero) is 1. The number of nitrogens with zero attached hydrogens (tertiary/aromatic N) is 2. The van der Waals surface area contributed by atoms with Crippen molar-refractivity contribution in [1.82, 2.24) is 9.88 Å². The molecule has 1 aliphatic rings. The van der Waals surface area contributed by atoms with Crippen molar-refractivity contribution in [3.8, 4) is 0 Å². The van der Waals surface area contributed by atoms with E-state index in [1.54, 1.807) is 0 Å². The molecular weight excluding hydrogens is 387 g/mol. The number of halogens is 3. The van der Waals surface area contributed by atoms with Crippen molar-refractivity contribution in [2.75, 3.05) is 25.5 Å². The first-order valence-corrected chi connectivity index (χ1v) is 8.79. The molecule has 0 unspecified atom stereocenters. The summed E-state index contributed by atoms with van der Waals surface area (Å²) in [5.74, 6) is -5.15. The van der Waals surface area contributed by atoms with Gasteiger partial charge in [0.1, 0.15) is 41.3 Å². The molecule has 0 atom stereocenters. The van der Waals surface area contributed by atoms with Gasteiger partial charge < -0.3 is 15.0 Å². The molecule has 0 aliphatic carbocycles. The van der Waals surface area contributed by atoms with E-state index in [1.807, 2.05) is 13.8 Å². The monoisotopic (exact) mass is 407 g/mol. The molecule has 0 radical (unpaired) electrons. The summed E-state index contributed by atoms with van der Waals surface area (Å²) >= 11 is 0. The fourth-order valence-electron chi connectivity index (χ4n) is 3.06. The van der Waals surface area contributed by atoms with Crippen LogP contribution in [0.25, 0.3) is 0 Å². The molecule has 6 nitrogen and oxygen atoms in total. The topological polar surface area (TPSA) is 79.4 Å². The van der Waals surface area contributed by atoms with Crippen LogP contribution in [0.15, 0.2) is 30.3 Å². The summed E-state index contributed by atoms with van der Waals surface area (Å²) in [6, 6.07) is 5.32. The highest BCUT2D eigenvalue weighted by molar-refractivity contribution is 6.04. The van der Waals surface area contributed by atoms with Crippen LogP contribution < -0.4 is 5.32 Å². The Labute approximate surface area is 165 Å². The predicted octanol–water partition coefficient (Wildman–Crippen LogP) is 3.09. The van der Waals surface area contributed by atoms with E-state index in [9.17, 15) is 22.8 Å². The van der Waals surface area contributed by atoms with Gasteiger partial charge in [-0.3, -0.25) is 9.59 Å². The van der Waals surface area contributed by atoms with E-state index >= 15 is 0 Å².